The van der Waals surface area contributed by atoms with E-state index in [1.54, 1.807) is 0 Å². The minimum absolute atomic E-state index is 0.996. The molecule has 0 aliphatic rings. The van der Waals surface area contributed by atoms with E-state index in [2.05, 4.69) is 149 Å². The quantitative estimate of drug-likeness (QED) is 0.199. The second kappa shape index (κ2) is 9.13. The summed E-state index contributed by atoms with van der Waals surface area (Å²) in [5, 5.41) is 6.27. The van der Waals surface area contributed by atoms with Gasteiger partial charge >= 0.3 is 0 Å². The van der Waals surface area contributed by atoms with Crippen LogP contribution >= 0.6 is 11.3 Å². The van der Waals surface area contributed by atoms with Gasteiger partial charge in [-0.15, -0.1) is 11.3 Å². The smallest absolute Gasteiger partial charge is 0.145 e. The van der Waals surface area contributed by atoms with Gasteiger partial charge in [-0.2, -0.15) is 0 Å². The maximum Gasteiger partial charge on any atom is 0.145 e. The lowest BCUT2D eigenvalue weighted by molar-refractivity contribution is 1.27. The van der Waals surface area contributed by atoms with Gasteiger partial charge in [0.25, 0.3) is 0 Å². The summed E-state index contributed by atoms with van der Waals surface area (Å²) in [6, 6.07) is 48.6. The summed E-state index contributed by atoms with van der Waals surface area (Å²) in [5.74, 6) is 0. The van der Waals surface area contributed by atoms with E-state index >= 15 is 0 Å². The average molecular weight is 553 g/mol. The third-order valence-corrected chi connectivity index (χ3v) is 9.72. The summed E-state index contributed by atoms with van der Waals surface area (Å²) < 4.78 is 4.87. The maximum absolute atomic E-state index is 4.67. The summed E-state index contributed by atoms with van der Waals surface area (Å²) in [7, 11) is 0. The van der Waals surface area contributed by atoms with Crippen LogP contribution in [0.15, 0.2) is 146 Å². The molecule has 196 valence electrons. The fourth-order valence-corrected chi connectivity index (χ4v) is 7.85. The van der Waals surface area contributed by atoms with Gasteiger partial charge in [-0.3, -0.25) is 4.40 Å². The van der Waals surface area contributed by atoms with E-state index in [4.69, 9.17) is 0 Å². The van der Waals surface area contributed by atoms with Crippen molar-refractivity contribution in [2.75, 3.05) is 0 Å². The van der Waals surface area contributed by atoms with Crippen LogP contribution in [0.3, 0.4) is 0 Å². The molecule has 2 nitrogen and oxygen atoms in total. The first-order chi connectivity index (χ1) is 20.8. The van der Waals surface area contributed by atoms with Crippen molar-refractivity contribution in [2.45, 2.75) is 0 Å². The van der Waals surface area contributed by atoms with Crippen molar-refractivity contribution >= 4 is 58.8 Å². The maximum atomic E-state index is 4.67. The number of fused-ring (bicyclic) bond motifs is 9. The van der Waals surface area contributed by atoms with Crippen molar-refractivity contribution in [3.8, 4) is 33.4 Å². The number of pyridine rings is 1. The first-order valence-corrected chi connectivity index (χ1v) is 15.0. The van der Waals surface area contributed by atoms with Gasteiger partial charge in [-0.25, -0.2) is 4.98 Å². The molecule has 0 saturated heterocycles. The van der Waals surface area contributed by atoms with Crippen molar-refractivity contribution in [3.05, 3.63) is 146 Å². The largest absolute Gasteiger partial charge is 0.299 e. The van der Waals surface area contributed by atoms with Crippen LogP contribution in [0.25, 0.3) is 80.9 Å². The molecular formula is C39H24N2S. The molecule has 0 unspecified atom stereocenters. The molecule has 0 amide bonds. The van der Waals surface area contributed by atoms with E-state index in [0.717, 1.165) is 5.65 Å². The van der Waals surface area contributed by atoms with Crippen LogP contribution in [0.4, 0.5) is 0 Å². The second-order valence-electron chi connectivity index (χ2n) is 10.8. The Morgan fingerprint density at radius 1 is 0.476 bits per heavy atom. The summed E-state index contributed by atoms with van der Waals surface area (Å²) in [5.41, 5.74) is 9.61. The molecule has 0 saturated carbocycles. The number of aromatic nitrogens is 2. The molecule has 0 fully saturated rings. The van der Waals surface area contributed by atoms with Gasteiger partial charge in [0.05, 0.1) is 5.52 Å². The number of benzene rings is 6. The zero-order valence-corrected chi connectivity index (χ0v) is 23.5. The van der Waals surface area contributed by atoms with E-state index in [1.165, 1.54) is 75.2 Å². The molecule has 42 heavy (non-hydrogen) atoms. The fraction of sp³-hybridized carbons (Fsp3) is 0. The molecule has 3 heterocycles. The van der Waals surface area contributed by atoms with Crippen molar-refractivity contribution in [2.24, 2.45) is 0 Å². The van der Waals surface area contributed by atoms with Crippen LogP contribution in [0, 0.1) is 0 Å². The van der Waals surface area contributed by atoms with Crippen LogP contribution in [-0.4, -0.2) is 9.38 Å². The number of hydrogen-bond acceptors (Lipinski definition) is 2. The highest BCUT2D eigenvalue weighted by Crippen LogP contribution is 2.44. The number of rotatable bonds is 3. The summed E-state index contributed by atoms with van der Waals surface area (Å²) in [4.78, 5) is 4.67. The fourth-order valence-electron chi connectivity index (χ4n) is 6.62. The normalized spacial score (nSPS) is 11.8. The molecule has 0 atom stereocenters. The Kier molecular flexibility index (Phi) is 5.10. The minimum atomic E-state index is 0.996. The first-order valence-electron chi connectivity index (χ1n) is 14.2. The minimum Gasteiger partial charge on any atom is -0.299 e. The van der Waals surface area contributed by atoms with Gasteiger partial charge in [0.2, 0.25) is 0 Å². The average Bonchev–Trinajstić information content (AvgIpc) is 3.71. The lowest BCUT2D eigenvalue weighted by Gasteiger charge is -2.16. The number of imidazole rings is 1. The lowest BCUT2D eigenvalue weighted by atomic mass is 9.88. The van der Waals surface area contributed by atoms with E-state index in [1.807, 2.05) is 17.5 Å². The van der Waals surface area contributed by atoms with Gasteiger partial charge in [0.15, 0.2) is 0 Å². The van der Waals surface area contributed by atoms with Crippen molar-refractivity contribution < 1.29 is 0 Å². The van der Waals surface area contributed by atoms with E-state index in [-0.39, 0.29) is 0 Å². The van der Waals surface area contributed by atoms with Crippen LogP contribution in [-0.2, 0) is 0 Å². The van der Waals surface area contributed by atoms with Crippen molar-refractivity contribution in [1.82, 2.24) is 9.38 Å². The second-order valence-corrected chi connectivity index (χ2v) is 11.8. The molecular weight excluding hydrogens is 529 g/mol. The molecule has 3 heteroatoms. The van der Waals surface area contributed by atoms with Gasteiger partial charge in [-0.1, -0.05) is 115 Å². The van der Waals surface area contributed by atoms with Crippen molar-refractivity contribution in [3.63, 3.8) is 0 Å². The molecule has 0 aliphatic carbocycles. The molecule has 0 aliphatic heterocycles. The molecule has 0 radical (unpaired) electrons. The first kappa shape index (κ1) is 23.5. The van der Waals surface area contributed by atoms with E-state index < -0.39 is 0 Å². The highest BCUT2D eigenvalue weighted by molar-refractivity contribution is 7.26. The molecule has 3 aromatic heterocycles. The Balaban J connectivity index is 1.28. The molecule has 9 rings (SSSR count). The van der Waals surface area contributed by atoms with Gasteiger partial charge in [-0.05, 0) is 51.4 Å². The summed E-state index contributed by atoms with van der Waals surface area (Å²) in [6.45, 7) is 0. The lowest BCUT2D eigenvalue weighted by Crippen LogP contribution is -1.92. The van der Waals surface area contributed by atoms with Crippen LogP contribution in [0.2, 0.25) is 0 Å². The molecule has 6 aromatic carbocycles. The number of thiophene rings is 1. The topological polar surface area (TPSA) is 17.3 Å². The molecule has 9 aromatic rings. The Morgan fingerprint density at radius 2 is 1.10 bits per heavy atom. The van der Waals surface area contributed by atoms with Gasteiger partial charge in [0, 0.05) is 48.9 Å². The number of nitrogens with zero attached hydrogens (tertiary/aromatic N) is 2. The predicted molar refractivity (Wildman–Crippen MR) is 179 cm³/mol. The van der Waals surface area contributed by atoms with Gasteiger partial charge < -0.3 is 0 Å². The SMILES string of the molecule is c1ccc(-c2ccccc2-c2cccc3c2sc2ccccc23)c(-c2ccc3c(c2)c2ccccc2c2nccn32)c1. The van der Waals surface area contributed by atoms with Crippen LogP contribution in [0.5, 0.6) is 0 Å². The number of hydrogen-bond donors (Lipinski definition) is 0. The third-order valence-electron chi connectivity index (χ3n) is 8.50. The Morgan fingerprint density at radius 3 is 1.93 bits per heavy atom. The Hall–Kier alpha value is -5.25. The highest BCUT2D eigenvalue weighted by atomic mass is 32.1. The van der Waals surface area contributed by atoms with Crippen LogP contribution in [0.1, 0.15) is 0 Å². The molecule has 0 N–H and O–H groups in total. The zero-order chi connectivity index (χ0) is 27.6. The predicted octanol–water partition coefficient (Wildman–Crippen LogP) is 11.0. The zero-order valence-electron chi connectivity index (χ0n) is 22.7. The monoisotopic (exact) mass is 552 g/mol. The Labute approximate surface area is 246 Å². The highest BCUT2D eigenvalue weighted by Gasteiger charge is 2.17. The van der Waals surface area contributed by atoms with Crippen molar-refractivity contribution in [1.29, 1.82) is 0 Å². The van der Waals surface area contributed by atoms with Crippen LogP contribution < -0.4 is 0 Å². The molecule has 0 spiro atoms. The van der Waals surface area contributed by atoms with E-state index in [9.17, 15) is 0 Å². The summed E-state index contributed by atoms with van der Waals surface area (Å²) >= 11 is 1.88. The standard InChI is InChI=1S/C39H24N2S/c1-2-11-27(28-12-3-4-13-29(28)32-17-9-18-33-31-15-7-8-19-37(31)42-38(32)33)26(10-1)25-20-21-36-35(24-25)30-14-5-6-16-34(30)39-40-22-23-41(36)39/h1-24H. The van der Waals surface area contributed by atoms with E-state index in [0.29, 0.717) is 0 Å². The third kappa shape index (κ3) is 3.41. The Bertz CT molecular complexity index is 2480. The van der Waals surface area contributed by atoms with Gasteiger partial charge in [0.1, 0.15) is 5.65 Å². The summed E-state index contributed by atoms with van der Waals surface area (Å²) in [6.07, 6.45) is 3.95. The molecule has 0 bridgehead atoms.